The highest BCUT2D eigenvalue weighted by atomic mass is 79.9. The topological polar surface area (TPSA) is 52.9 Å². The van der Waals surface area contributed by atoms with Gasteiger partial charge in [0.05, 0.1) is 5.56 Å². The minimum Gasteiger partial charge on any atom is -0.365 e. The minimum atomic E-state index is -1.47. The molecule has 2 aromatic carbocycles. The molecular weight excluding hydrogens is 436 g/mol. The van der Waals surface area contributed by atoms with E-state index < -0.39 is 5.72 Å². The highest BCUT2D eigenvalue weighted by Gasteiger charge is 2.45. The molecule has 0 bridgehead atoms. The van der Waals surface area contributed by atoms with E-state index in [9.17, 15) is 9.90 Å². The Morgan fingerprint density at radius 2 is 1.88 bits per heavy atom. The van der Waals surface area contributed by atoms with E-state index in [1.54, 1.807) is 30.3 Å². The summed E-state index contributed by atoms with van der Waals surface area (Å²) in [6.45, 7) is 1.97. The van der Waals surface area contributed by atoms with Crippen molar-refractivity contribution in [2.75, 3.05) is 0 Å². The number of rotatable bonds is 3. The fourth-order valence-electron chi connectivity index (χ4n) is 2.72. The molecule has 0 aliphatic carbocycles. The highest BCUT2D eigenvalue weighted by Crippen LogP contribution is 2.38. The van der Waals surface area contributed by atoms with Gasteiger partial charge in [0.15, 0.2) is 5.72 Å². The Balaban J connectivity index is 2.05. The van der Waals surface area contributed by atoms with Gasteiger partial charge in [0.2, 0.25) is 0 Å². The maximum Gasteiger partial charge on any atom is 0.278 e. The van der Waals surface area contributed by atoms with Crippen LogP contribution < -0.4 is 0 Å². The Kier molecular flexibility index (Phi) is 4.90. The fourth-order valence-corrected chi connectivity index (χ4v) is 3.44. The van der Waals surface area contributed by atoms with E-state index in [2.05, 4.69) is 37.0 Å². The molecular formula is C18H16Br2N2O2. The number of hydrogen-bond donors (Lipinski definition) is 1. The molecule has 0 spiro atoms. The average Bonchev–Trinajstić information content (AvgIpc) is 2.93. The predicted octanol–water partition coefficient (Wildman–Crippen LogP) is 4.67. The maximum atomic E-state index is 13.0. The van der Waals surface area contributed by atoms with Gasteiger partial charge in [-0.3, -0.25) is 4.79 Å². The molecule has 0 saturated heterocycles. The number of hydrazone groups is 1. The van der Waals surface area contributed by atoms with Gasteiger partial charge < -0.3 is 5.11 Å². The van der Waals surface area contributed by atoms with Crippen molar-refractivity contribution in [3.05, 3.63) is 68.6 Å². The molecule has 1 aliphatic rings. The van der Waals surface area contributed by atoms with Gasteiger partial charge in [-0.25, -0.2) is 0 Å². The quantitative estimate of drug-likeness (QED) is 0.737. The van der Waals surface area contributed by atoms with E-state index in [-0.39, 0.29) is 5.91 Å². The predicted molar refractivity (Wildman–Crippen MR) is 101 cm³/mol. The number of halogens is 2. The lowest BCUT2D eigenvalue weighted by molar-refractivity contribution is -0.0766. The van der Waals surface area contributed by atoms with Crippen molar-refractivity contribution in [3.63, 3.8) is 0 Å². The third-order valence-electron chi connectivity index (χ3n) is 4.05. The maximum absolute atomic E-state index is 13.0. The second-order valence-corrected chi connectivity index (χ2v) is 7.39. The SMILES string of the molecule is CCC1=NN(C(=O)c2ccccc2Br)[C@@](O)(c2ccc(Br)cc2)C1. The molecule has 1 atom stereocenters. The van der Waals surface area contributed by atoms with Crippen LogP contribution in [0.25, 0.3) is 0 Å². The van der Waals surface area contributed by atoms with E-state index in [1.165, 1.54) is 5.01 Å². The highest BCUT2D eigenvalue weighted by molar-refractivity contribution is 9.10. The minimum absolute atomic E-state index is 0.307. The first-order chi connectivity index (χ1) is 11.5. The van der Waals surface area contributed by atoms with E-state index in [1.807, 2.05) is 25.1 Å². The molecule has 2 aromatic rings. The van der Waals surface area contributed by atoms with Gasteiger partial charge in [-0.05, 0) is 46.6 Å². The number of benzene rings is 2. The Hall–Kier alpha value is -1.50. The van der Waals surface area contributed by atoms with Gasteiger partial charge >= 0.3 is 0 Å². The summed E-state index contributed by atoms with van der Waals surface area (Å²) in [5.41, 5.74) is 0.423. The zero-order valence-electron chi connectivity index (χ0n) is 13.0. The van der Waals surface area contributed by atoms with Gasteiger partial charge in [0.25, 0.3) is 5.91 Å². The van der Waals surface area contributed by atoms with Crippen LogP contribution in [-0.4, -0.2) is 21.7 Å². The summed E-state index contributed by atoms with van der Waals surface area (Å²) in [5, 5.41) is 16.9. The standard InChI is InChI=1S/C18H16Br2N2O2/c1-2-14-11-18(24,12-7-9-13(19)10-8-12)22(21-14)17(23)15-5-3-4-6-16(15)20/h3-10,24H,2,11H2,1H3/t18-/m0/s1. The fraction of sp³-hybridized carbons (Fsp3) is 0.222. The molecule has 1 amide bonds. The van der Waals surface area contributed by atoms with E-state index in [4.69, 9.17) is 0 Å². The molecule has 3 rings (SSSR count). The summed E-state index contributed by atoms with van der Waals surface area (Å²) in [5.74, 6) is -0.337. The molecule has 0 aromatic heterocycles. The zero-order valence-corrected chi connectivity index (χ0v) is 16.2. The van der Waals surface area contributed by atoms with Crippen molar-refractivity contribution in [1.82, 2.24) is 5.01 Å². The third kappa shape index (κ3) is 3.06. The van der Waals surface area contributed by atoms with Crippen LogP contribution in [0.5, 0.6) is 0 Å². The second-order valence-electron chi connectivity index (χ2n) is 5.62. The van der Waals surface area contributed by atoms with Crippen molar-refractivity contribution in [2.45, 2.75) is 25.5 Å². The molecule has 1 aliphatic heterocycles. The van der Waals surface area contributed by atoms with Crippen molar-refractivity contribution in [3.8, 4) is 0 Å². The van der Waals surface area contributed by atoms with Crippen molar-refractivity contribution >= 4 is 43.5 Å². The first kappa shape index (κ1) is 17.3. The van der Waals surface area contributed by atoms with Crippen LogP contribution in [0.1, 0.15) is 35.7 Å². The first-order valence-corrected chi connectivity index (χ1v) is 9.18. The molecule has 0 saturated carbocycles. The van der Waals surface area contributed by atoms with Crippen LogP contribution in [0.4, 0.5) is 0 Å². The molecule has 1 heterocycles. The van der Waals surface area contributed by atoms with Crippen molar-refractivity contribution in [2.24, 2.45) is 5.10 Å². The van der Waals surface area contributed by atoms with Crippen molar-refractivity contribution in [1.29, 1.82) is 0 Å². The number of hydrogen-bond acceptors (Lipinski definition) is 3. The van der Waals surface area contributed by atoms with Gasteiger partial charge in [-0.1, -0.05) is 47.1 Å². The van der Waals surface area contributed by atoms with Crippen LogP contribution in [-0.2, 0) is 5.72 Å². The molecule has 0 fully saturated rings. The number of carbonyl (C=O) groups excluding carboxylic acids is 1. The van der Waals surface area contributed by atoms with Crippen LogP contribution in [0, 0.1) is 0 Å². The van der Waals surface area contributed by atoms with Crippen LogP contribution >= 0.6 is 31.9 Å². The Morgan fingerprint density at radius 3 is 2.50 bits per heavy atom. The molecule has 124 valence electrons. The normalized spacial score (nSPS) is 20.2. The summed E-state index contributed by atoms with van der Waals surface area (Å²) >= 11 is 6.79. The van der Waals surface area contributed by atoms with Gasteiger partial charge in [-0.2, -0.15) is 10.1 Å². The van der Waals surface area contributed by atoms with E-state index in [0.29, 0.717) is 28.4 Å². The lowest BCUT2D eigenvalue weighted by Crippen LogP contribution is -2.43. The Labute approximate surface area is 157 Å². The average molecular weight is 452 g/mol. The Bertz CT molecular complexity index is 805. The van der Waals surface area contributed by atoms with Crippen LogP contribution in [0.2, 0.25) is 0 Å². The molecule has 0 radical (unpaired) electrons. The van der Waals surface area contributed by atoms with Crippen LogP contribution in [0.15, 0.2) is 62.6 Å². The number of carbonyl (C=O) groups is 1. The monoisotopic (exact) mass is 450 g/mol. The Morgan fingerprint density at radius 1 is 1.21 bits per heavy atom. The first-order valence-electron chi connectivity index (χ1n) is 7.59. The van der Waals surface area contributed by atoms with Gasteiger partial charge in [0, 0.05) is 26.6 Å². The smallest absolute Gasteiger partial charge is 0.278 e. The van der Waals surface area contributed by atoms with Crippen molar-refractivity contribution < 1.29 is 9.90 Å². The lowest BCUT2D eigenvalue weighted by Gasteiger charge is -2.31. The molecule has 4 nitrogen and oxygen atoms in total. The molecule has 6 heteroatoms. The lowest BCUT2D eigenvalue weighted by atomic mass is 9.96. The zero-order chi connectivity index (χ0) is 17.3. The van der Waals surface area contributed by atoms with E-state index >= 15 is 0 Å². The molecule has 0 unspecified atom stereocenters. The third-order valence-corrected chi connectivity index (χ3v) is 5.27. The van der Waals surface area contributed by atoms with Crippen LogP contribution in [0.3, 0.4) is 0 Å². The molecule has 24 heavy (non-hydrogen) atoms. The summed E-state index contributed by atoms with van der Waals surface area (Å²) in [6.07, 6.45) is 0.986. The van der Waals surface area contributed by atoms with E-state index in [0.717, 1.165) is 10.2 Å². The summed E-state index contributed by atoms with van der Waals surface area (Å²) in [6, 6.07) is 14.4. The number of amides is 1. The number of aliphatic hydroxyl groups is 1. The van der Waals surface area contributed by atoms with Gasteiger partial charge in [0.1, 0.15) is 0 Å². The molecule has 1 N–H and O–H groups in total. The largest absolute Gasteiger partial charge is 0.365 e. The number of nitrogens with zero attached hydrogens (tertiary/aromatic N) is 2. The van der Waals surface area contributed by atoms with Gasteiger partial charge in [-0.15, -0.1) is 0 Å². The summed E-state index contributed by atoms with van der Waals surface area (Å²) in [4.78, 5) is 13.0. The summed E-state index contributed by atoms with van der Waals surface area (Å²) in [7, 11) is 0. The second kappa shape index (κ2) is 6.78. The summed E-state index contributed by atoms with van der Waals surface area (Å²) < 4.78 is 1.58.